The quantitative estimate of drug-likeness (QED) is 0.736. The highest BCUT2D eigenvalue weighted by Gasteiger charge is 2.29. The molecule has 1 saturated heterocycles. The van der Waals surface area contributed by atoms with E-state index in [0.717, 1.165) is 0 Å². The van der Waals surface area contributed by atoms with E-state index in [1.54, 1.807) is 18.3 Å². The van der Waals surface area contributed by atoms with Gasteiger partial charge >= 0.3 is 6.18 Å². The number of hydrogen-bond donors (Lipinski definition) is 3. The van der Waals surface area contributed by atoms with E-state index >= 15 is 0 Å². The van der Waals surface area contributed by atoms with Crippen molar-refractivity contribution in [2.45, 2.75) is 32.0 Å². The van der Waals surface area contributed by atoms with Crippen molar-refractivity contribution in [3.8, 4) is 0 Å². The van der Waals surface area contributed by atoms with E-state index in [1.165, 1.54) is 12.1 Å². The van der Waals surface area contributed by atoms with Crippen LogP contribution in [0.2, 0.25) is 0 Å². The van der Waals surface area contributed by atoms with Crippen molar-refractivity contribution in [2.75, 3.05) is 25.1 Å². The van der Waals surface area contributed by atoms with Crippen molar-refractivity contribution in [1.29, 1.82) is 0 Å². The van der Waals surface area contributed by atoms with Gasteiger partial charge in [-0.25, -0.2) is 0 Å². The van der Waals surface area contributed by atoms with Crippen LogP contribution in [0.1, 0.15) is 28.8 Å². The van der Waals surface area contributed by atoms with Gasteiger partial charge in [-0.15, -0.1) is 0 Å². The van der Waals surface area contributed by atoms with Crippen LogP contribution in [0.5, 0.6) is 0 Å². The predicted molar refractivity (Wildman–Crippen MR) is 89.7 cm³/mol. The van der Waals surface area contributed by atoms with Gasteiger partial charge in [-0.1, -0.05) is 6.07 Å². The van der Waals surface area contributed by atoms with E-state index in [-0.39, 0.29) is 11.5 Å². The number of amides is 2. The normalized spacial score (nSPS) is 16.8. The topological polar surface area (TPSA) is 93.5 Å². The summed E-state index contributed by atoms with van der Waals surface area (Å²) in [4.78, 5) is 24.2. The van der Waals surface area contributed by atoms with Gasteiger partial charge in [-0.3, -0.25) is 9.59 Å². The molecule has 1 aliphatic heterocycles. The third-order valence-electron chi connectivity index (χ3n) is 4.28. The molecule has 144 valence electrons. The van der Waals surface area contributed by atoms with E-state index in [1.807, 2.05) is 0 Å². The summed E-state index contributed by atoms with van der Waals surface area (Å²) in [6.45, 7) is 1.40. The van der Waals surface area contributed by atoms with Gasteiger partial charge in [0.1, 0.15) is 6.54 Å². The summed E-state index contributed by atoms with van der Waals surface area (Å²) >= 11 is 0. The van der Waals surface area contributed by atoms with Crippen molar-refractivity contribution >= 4 is 17.5 Å². The Bertz CT molecular complexity index is 658. The number of nitrogens with one attached hydrogen (secondary N) is 2. The van der Waals surface area contributed by atoms with Crippen molar-refractivity contribution in [3.63, 3.8) is 0 Å². The molecule has 1 atom stereocenters. The Morgan fingerprint density at radius 3 is 2.58 bits per heavy atom. The van der Waals surface area contributed by atoms with Crippen LogP contribution in [0.15, 0.2) is 18.2 Å². The summed E-state index contributed by atoms with van der Waals surface area (Å²) < 4.78 is 41.9. The average molecular weight is 373 g/mol. The second kappa shape index (κ2) is 8.50. The zero-order valence-electron chi connectivity index (χ0n) is 14.4. The van der Waals surface area contributed by atoms with E-state index < -0.39 is 30.6 Å². The molecule has 2 rings (SSSR count). The first-order valence-electron chi connectivity index (χ1n) is 8.27. The molecule has 1 fully saturated rings. The number of nitrogens with two attached hydrogens (primary N) is 1. The molecule has 4 N–H and O–H groups in total. The van der Waals surface area contributed by atoms with Crippen LogP contribution in [-0.4, -0.2) is 43.8 Å². The van der Waals surface area contributed by atoms with Gasteiger partial charge in [0.2, 0.25) is 5.91 Å². The number of aryl methyl sites for hydroxylation is 1. The predicted octanol–water partition coefficient (Wildman–Crippen LogP) is 1.98. The molecule has 2 amide bonds. The first-order chi connectivity index (χ1) is 12.2. The van der Waals surface area contributed by atoms with Crippen LogP contribution in [0.3, 0.4) is 0 Å². The second-order valence-electron chi connectivity index (χ2n) is 6.29. The lowest BCUT2D eigenvalue weighted by Crippen LogP contribution is -2.44. The van der Waals surface area contributed by atoms with Gasteiger partial charge in [0.25, 0.3) is 5.91 Å². The van der Waals surface area contributed by atoms with Crippen molar-refractivity contribution in [2.24, 2.45) is 11.7 Å². The highest BCUT2D eigenvalue weighted by Crippen LogP contribution is 2.21. The summed E-state index contributed by atoms with van der Waals surface area (Å²) in [5.41, 5.74) is 7.05. The van der Waals surface area contributed by atoms with Crippen molar-refractivity contribution in [3.05, 3.63) is 29.3 Å². The molecule has 1 aromatic carbocycles. The van der Waals surface area contributed by atoms with E-state index in [9.17, 15) is 22.8 Å². The molecule has 9 heteroatoms. The van der Waals surface area contributed by atoms with Gasteiger partial charge in [0.15, 0.2) is 0 Å². The molecule has 1 aromatic rings. The highest BCUT2D eigenvalue weighted by atomic mass is 19.4. The second-order valence-corrected chi connectivity index (χ2v) is 6.29. The van der Waals surface area contributed by atoms with E-state index in [4.69, 9.17) is 10.5 Å². The Morgan fingerprint density at radius 2 is 1.96 bits per heavy atom. The SMILES string of the molecule is Cc1ccc(C(=O)NCC(F)(F)F)cc1NC(=O)C(N)C1CCOCC1. The largest absolute Gasteiger partial charge is 0.405 e. The molecular formula is C17H22F3N3O3. The van der Waals surface area contributed by atoms with E-state index in [0.29, 0.717) is 37.3 Å². The summed E-state index contributed by atoms with van der Waals surface area (Å²) in [5, 5.41) is 4.47. The highest BCUT2D eigenvalue weighted by molar-refractivity contribution is 5.99. The minimum atomic E-state index is -4.49. The van der Waals surface area contributed by atoms with Crippen molar-refractivity contribution in [1.82, 2.24) is 5.32 Å². The van der Waals surface area contributed by atoms with Crippen LogP contribution < -0.4 is 16.4 Å². The Morgan fingerprint density at radius 1 is 1.31 bits per heavy atom. The standard InChI is InChI=1S/C17H22F3N3O3/c1-10-2-3-12(15(24)22-9-17(18,19)20)8-13(10)23-16(25)14(21)11-4-6-26-7-5-11/h2-3,8,11,14H,4-7,9,21H2,1H3,(H,22,24)(H,23,25). The summed E-state index contributed by atoms with van der Waals surface area (Å²) in [6, 6.07) is 3.57. The summed E-state index contributed by atoms with van der Waals surface area (Å²) in [5.74, 6) is -1.26. The molecule has 0 radical (unpaired) electrons. The lowest BCUT2D eigenvalue weighted by atomic mass is 9.91. The zero-order chi connectivity index (χ0) is 19.3. The maximum absolute atomic E-state index is 12.4. The van der Waals surface area contributed by atoms with Crippen LogP contribution in [0.25, 0.3) is 0 Å². The van der Waals surface area contributed by atoms with Gasteiger partial charge in [0.05, 0.1) is 6.04 Å². The Kier molecular flexibility index (Phi) is 6.60. The molecule has 6 nitrogen and oxygen atoms in total. The fraction of sp³-hybridized carbons (Fsp3) is 0.529. The number of alkyl halides is 3. The first kappa shape index (κ1) is 20.2. The fourth-order valence-electron chi connectivity index (χ4n) is 2.69. The van der Waals surface area contributed by atoms with Gasteiger partial charge in [-0.2, -0.15) is 13.2 Å². The summed E-state index contributed by atoms with van der Waals surface area (Å²) in [7, 11) is 0. The third kappa shape index (κ3) is 5.70. The maximum atomic E-state index is 12.4. The molecular weight excluding hydrogens is 351 g/mol. The number of halogens is 3. The minimum absolute atomic E-state index is 0.00215. The maximum Gasteiger partial charge on any atom is 0.405 e. The molecule has 0 aromatic heterocycles. The molecule has 0 spiro atoms. The Hall–Kier alpha value is -2.13. The van der Waals surface area contributed by atoms with Crippen LogP contribution in [-0.2, 0) is 9.53 Å². The lowest BCUT2D eigenvalue weighted by Gasteiger charge is -2.27. The Labute approximate surface area is 149 Å². The molecule has 26 heavy (non-hydrogen) atoms. The van der Waals surface area contributed by atoms with Crippen LogP contribution in [0, 0.1) is 12.8 Å². The molecule has 1 aliphatic rings. The number of ether oxygens (including phenoxy) is 1. The smallest absolute Gasteiger partial charge is 0.381 e. The molecule has 1 unspecified atom stereocenters. The molecule has 0 aliphatic carbocycles. The third-order valence-corrected chi connectivity index (χ3v) is 4.28. The fourth-order valence-corrected chi connectivity index (χ4v) is 2.69. The minimum Gasteiger partial charge on any atom is -0.381 e. The van der Waals surface area contributed by atoms with Gasteiger partial charge in [0, 0.05) is 24.5 Å². The van der Waals surface area contributed by atoms with Gasteiger partial charge in [-0.05, 0) is 43.4 Å². The molecule has 1 heterocycles. The zero-order valence-corrected chi connectivity index (χ0v) is 14.4. The van der Waals surface area contributed by atoms with E-state index in [2.05, 4.69) is 5.32 Å². The molecule has 0 bridgehead atoms. The summed E-state index contributed by atoms with van der Waals surface area (Å²) in [6.07, 6.45) is -3.12. The monoisotopic (exact) mass is 373 g/mol. The number of carbonyl (C=O) groups excluding carboxylic acids is 2. The number of benzene rings is 1. The van der Waals surface area contributed by atoms with Crippen LogP contribution in [0.4, 0.5) is 18.9 Å². The number of hydrogen-bond acceptors (Lipinski definition) is 4. The first-order valence-corrected chi connectivity index (χ1v) is 8.27. The van der Waals surface area contributed by atoms with Crippen LogP contribution >= 0.6 is 0 Å². The van der Waals surface area contributed by atoms with Gasteiger partial charge < -0.3 is 21.1 Å². The molecule has 0 saturated carbocycles. The number of anilines is 1. The Balaban J connectivity index is 2.04. The lowest BCUT2D eigenvalue weighted by molar-refractivity contribution is -0.123. The average Bonchev–Trinajstić information content (AvgIpc) is 2.61. The number of rotatable bonds is 5. The van der Waals surface area contributed by atoms with Crippen molar-refractivity contribution < 1.29 is 27.5 Å². The number of carbonyl (C=O) groups is 2.